The zero-order valence-corrected chi connectivity index (χ0v) is 41.6. The van der Waals surface area contributed by atoms with E-state index in [-0.39, 0.29) is 39.0 Å². The van der Waals surface area contributed by atoms with Gasteiger partial charge < -0.3 is 44.1 Å². The summed E-state index contributed by atoms with van der Waals surface area (Å²) in [5.74, 6) is -40.1. The fraction of sp³-hybridized carbons (Fsp3) is 0.106. The minimum atomic E-state index is -3.20. The SMILES string of the molecule is Cc1ccc(-c2ccc3c(c2-c2ccc(C(C)C)cc2)Cc2ccccc2-3)cc1.[O-]B([O-])Oc1c(F)c(F)c(F)c(F)c1F.[O-]B([O-])Oc1c(F)c(F)c(F)c(F)c1F.[O-]B([O-])Oc1c(F)c(F)c(F)c(F)c1F.[Ru+3].[Ru+3]. The maximum absolute atomic E-state index is 12.6. The number of hydrogen-bond acceptors (Lipinski definition) is 9. The normalized spacial score (nSPS) is 10.8. The van der Waals surface area contributed by atoms with Crippen LogP contribution in [0, 0.1) is 94.2 Å². The van der Waals surface area contributed by atoms with Gasteiger partial charge in [-0.1, -0.05) is 104 Å². The Hall–Kier alpha value is -5.91. The fourth-order valence-corrected chi connectivity index (χ4v) is 6.90. The molecule has 0 amide bonds. The summed E-state index contributed by atoms with van der Waals surface area (Å²) in [6, 6.07) is 31.6. The molecule has 0 N–H and O–H groups in total. The van der Waals surface area contributed by atoms with Crippen molar-refractivity contribution in [3.8, 4) is 50.6 Å². The number of aryl methyl sites for hydroxylation is 1. The third-order valence-electron chi connectivity index (χ3n) is 10.4. The van der Waals surface area contributed by atoms with Crippen LogP contribution in [0.2, 0.25) is 0 Å². The van der Waals surface area contributed by atoms with Crippen LogP contribution in [0.1, 0.15) is 42.0 Å². The summed E-state index contributed by atoms with van der Waals surface area (Å²) in [5, 5.41) is 59.2. The van der Waals surface area contributed by atoms with Crippen LogP contribution in [0.4, 0.5) is 65.9 Å². The van der Waals surface area contributed by atoms with Gasteiger partial charge in [-0.15, -0.1) is 0 Å². The molecule has 0 saturated heterocycles. The summed E-state index contributed by atoms with van der Waals surface area (Å²) >= 11 is 0. The van der Waals surface area contributed by atoms with E-state index in [9.17, 15) is 96.0 Å². The standard InChI is InChI=1S/C29H26.3C6BF5O3.2Ru/c1-19(2)21-12-14-23(15-13-21)29-26(22-10-8-20(3)9-11-22)16-17-27-25-7-5-4-6-24(25)18-28(27)29;3*8-1-2(9)4(11)6(15-7(13)14)5(12)3(1)10;;/h4-17,19H,18H2,1-3H3;;;;;/q;3*-2;2*+3. The van der Waals surface area contributed by atoms with Crippen LogP contribution >= 0.6 is 0 Å². The average molecular weight is 1250 g/mol. The molecule has 0 aromatic heterocycles. The van der Waals surface area contributed by atoms with Crippen LogP contribution in [-0.2, 0) is 45.4 Å². The van der Waals surface area contributed by atoms with Crippen molar-refractivity contribution in [2.75, 3.05) is 0 Å². The molecule has 398 valence electrons. The molecule has 0 unspecified atom stereocenters. The molecular formula is C47H26B3F15O9Ru2. The van der Waals surface area contributed by atoms with Crippen molar-refractivity contribution in [2.24, 2.45) is 0 Å². The van der Waals surface area contributed by atoms with E-state index in [0.29, 0.717) is 5.92 Å². The van der Waals surface area contributed by atoms with Gasteiger partial charge in [-0.25, -0.2) is 39.5 Å². The summed E-state index contributed by atoms with van der Waals surface area (Å²) in [6.45, 7) is 6.65. The Morgan fingerprint density at radius 1 is 0.382 bits per heavy atom. The molecule has 0 spiro atoms. The predicted octanol–water partition coefficient (Wildman–Crippen LogP) is 6.42. The van der Waals surface area contributed by atoms with E-state index in [1.807, 2.05) is 0 Å². The first-order chi connectivity index (χ1) is 34.7. The van der Waals surface area contributed by atoms with Crippen LogP contribution < -0.4 is 44.1 Å². The van der Waals surface area contributed by atoms with E-state index in [1.54, 1.807) is 0 Å². The molecule has 0 fully saturated rings. The average Bonchev–Trinajstić information content (AvgIpc) is 3.76. The molecule has 76 heavy (non-hydrogen) atoms. The van der Waals surface area contributed by atoms with Gasteiger partial charge in [0.05, 0.1) is 0 Å². The molecule has 7 aromatic carbocycles. The van der Waals surface area contributed by atoms with Crippen molar-refractivity contribution in [1.82, 2.24) is 0 Å². The Balaban J connectivity index is 0.000000281. The second-order valence-corrected chi connectivity index (χ2v) is 15.4. The van der Waals surface area contributed by atoms with E-state index >= 15 is 0 Å². The molecule has 7 aromatic rings. The number of hydrogen-bond donors (Lipinski definition) is 0. The van der Waals surface area contributed by atoms with Gasteiger partial charge in [0, 0.05) is 0 Å². The van der Waals surface area contributed by atoms with Crippen molar-refractivity contribution >= 4 is 22.0 Å². The van der Waals surface area contributed by atoms with Crippen molar-refractivity contribution in [3.05, 3.63) is 194 Å². The molecule has 0 aliphatic heterocycles. The molecular weight excluding hydrogens is 1230 g/mol. The van der Waals surface area contributed by atoms with Crippen molar-refractivity contribution in [1.29, 1.82) is 0 Å². The van der Waals surface area contributed by atoms with Gasteiger partial charge in [-0.05, 0) is 69.3 Å². The second-order valence-electron chi connectivity index (χ2n) is 15.4. The first-order valence-corrected chi connectivity index (χ1v) is 20.6. The predicted molar refractivity (Wildman–Crippen MR) is 222 cm³/mol. The number of rotatable bonds is 9. The monoisotopic (exact) mass is 1260 g/mol. The number of benzene rings is 7. The Kier molecular flexibility index (Phi) is 23.2. The minimum absolute atomic E-state index is 0. The quantitative estimate of drug-likeness (QED) is 0.0687. The largest absolute Gasteiger partial charge is 3.00 e. The van der Waals surface area contributed by atoms with Gasteiger partial charge in [0.2, 0.25) is 87.3 Å². The fourth-order valence-electron chi connectivity index (χ4n) is 6.90. The van der Waals surface area contributed by atoms with Gasteiger partial charge >= 0.3 is 39.0 Å². The molecule has 8 rings (SSSR count). The van der Waals surface area contributed by atoms with Crippen LogP contribution in [0.25, 0.3) is 33.4 Å². The van der Waals surface area contributed by atoms with Crippen molar-refractivity contribution in [2.45, 2.75) is 33.1 Å². The number of fused-ring (bicyclic) bond motifs is 3. The zero-order valence-electron chi connectivity index (χ0n) is 38.2. The molecule has 1 aliphatic rings. The van der Waals surface area contributed by atoms with E-state index < -0.39 is 126 Å². The first-order valence-electron chi connectivity index (χ1n) is 20.6. The summed E-state index contributed by atoms with van der Waals surface area (Å²) < 4.78 is 198. The summed E-state index contributed by atoms with van der Waals surface area (Å²) in [4.78, 5) is 0. The third kappa shape index (κ3) is 14.4. The molecule has 0 bridgehead atoms. The van der Waals surface area contributed by atoms with Gasteiger partial charge in [-0.3, -0.25) is 0 Å². The number of halogens is 15. The maximum atomic E-state index is 12.6. The van der Waals surface area contributed by atoms with Crippen molar-refractivity contribution in [3.63, 3.8) is 0 Å². The van der Waals surface area contributed by atoms with Gasteiger partial charge in [-0.2, -0.15) is 26.3 Å². The van der Waals surface area contributed by atoms with E-state index in [2.05, 4.69) is 120 Å². The van der Waals surface area contributed by atoms with E-state index in [0.717, 1.165) is 6.42 Å². The smallest absolute Gasteiger partial charge is 0.860 e. The molecule has 2 radical (unpaired) electrons. The summed E-state index contributed by atoms with van der Waals surface area (Å²) in [6.07, 6.45) is 1.01. The maximum Gasteiger partial charge on any atom is 3.00 e. The second kappa shape index (κ2) is 27.4. The molecule has 0 atom stereocenters. The third-order valence-corrected chi connectivity index (χ3v) is 10.4. The van der Waals surface area contributed by atoms with Crippen LogP contribution in [-0.4, -0.2) is 22.0 Å². The summed E-state index contributed by atoms with van der Waals surface area (Å²) in [5.41, 5.74) is 13.7. The molecule has 9 nitrogen and oxygen atoms in total. The summed E-state index contributed by atoms with van der Waals surface area (Å²) in [7, 11) is -9.59. The van der Waals surface area contributed by atoms with Crippen LogP contribution in [0.15, 0.2) is 84.9 Å². The zero-order chi connectivity index (χ0) is 55.2. The van der Waals surface area contributed by atoms with Gasteiger partial charge in [0.25, 0.3) is 0 Å². The first kappa shape index (κ1) is 64.4. The van der Waals surface area contributed by atoms with Crippen molar-refractivity contribution < 1.29 is 149 Å². The van der Waals surface area contributed by atoms with E-state index in [1.165, 1.54) is 55.6 Å². The Morgan fingerprint density at radius 2 is 0.697 bits per heavy atom. The molecule has 1 aliphatic carbocycles. The Labute approximate surface area is 447 Å². The minimum Gasteiger partial charge on any atom is -0.860 e. The van der Waals surface area contributed by atoms with Gasteiger partial charge in [0.15, 0.2) is 17.2 Å². The molecule has 29 heteroatoms. The Morgan fingerprint density at radius 3 is 1.04 bits per heavy atom. The van der Waals surface area contributed by atoms with Crippen LogP contribution in [0.5, 0.6) is 17.2 Å². The topological polar surface area (TPSA) is 166 Å². The van der Waals surface area contributed by atoms with Gasteiger partial charge in [0.1, 0.15) is 22.0 Å². The molecule has 0 saturated carbocycles. The van der Waals surface area contributed by atoms with Crippen LogP contribution in [0.3, 0.4) is 0 Å². The molecule has 0 heterocycles. The Bertz CT molecular complexity index is 2920. The van der Waals surface area contributed by atoms with E-state index in [4.69, 9.17) is 0 Å².